The third kappa shape index (κ3) is 3.23. The maximum Gasteiger partial charge on any atom is 0.238 e. The number of halogens is 1. The highest BCUT2D eigenvalue weighted by Gasteiger charge is 2.25. The van der Waals surface area contributed by atoms with Crippen LogP contribution in [0.2, 0.25) is 5.02 Å². The molecular formula is C18H19ClN6O. The van der Waals surface area contributed by atoms with Crippen molar-refractivity contribution in [1.29, 1.82) is 0 Å². The molecule has 1 aliphatic heterocycles. The number of carbonyl (C=O) groups is 1. The molecular weight excluding hydrogens is 352 g/mol. The summed E-state index contributed by atoms with van der Waals surface area (Å²) in [6.45, 7) is 4.16. The van der Waals surface area contributed by atoms with Crippen LogP contribution in [-0.4, -0.2) is 43.2 Å². The first-order valence-corrected chi connectivity index (χ1v) is 8.83. The fourth-order valence-electron chi connectivity index (χ4n) is 3.36. The SMILES string of the molecule is CC1c2cccn2CCN1CC(=O)Nc1cc(Cl)ccc1-n1cncn1. The number of benzene rings is 1. The van der Waals surface area contributed by atoms with E-state index >= 15 is 0 Å². The van der Waals surface area contributed by atoms with Crippen LogP contribution < -0.4 is 5.32 Å². The summed E-state index contributed by atoms with van der Waals surface area (Å²) in [7, 11) is 0. The summed E-state index contributed by atoms with van der Waals surface area (Å²) < 4.78 is 3.83. The summed E-state index contributed by atoms with van der Waals surface area (Å²) in [6.07, 6.45) is 5.12. The molecule has 0 saturated heterocycles. The number of anilines is 1. The third-order valence-corrected chi connectivity index (χ3v) is 4.95. The Morgan fingerprint density at radius 3 is 3.04 bits per heavy atom. The maximum atomic E-state index is 12.7. The second kappa shape index (κ2) is 6.93. The Labute approximate surface area is 156 Å². The molecule has 1 aliphatic rings. The molecule has 0 bridgehead atoms. The third-order valence-electron chi connectivity index (χ3n) is 4.71. The Kier molecular flexibility index (Phi) is 4.48. The number of fused-ring (bicyclic) bond motifs is 1. The van der Waals surface area contributed by atoms with Gasteiger partial charge in [0.15, 0.2) is 0 Å². The van der Waals surface area contributed by atoms with Crippen LogP contribution in [-0.2, 0) is 11.3 Å². The number of hydrogen-bond donors (Lipinski definition) is 1. The minimum atomic E-state index is -0.0829. The zero-order valence-corrected chi connectivity index (χ0v) is 15.1. The Balaban J connectivity index is 1.50. The topological polar surface area (TPSA) is 68.0 Å². The second-order valence-corrected chi connectivity index (χ2v) is 6.76. The van der Waals surface area contributed by atoms with Crippen LogP contribution in [0.25, 0.3) is 5.69 Å². The van der Waals surface area contributed by atoms with Crippen molar-refractivity contribution in [3.63, 3.8) is 0 Å². The average Bonchev–Trinajstić information content (AvgIpc) is 3.29. The van der Waals surface area contributed by atoms with E-state index < -0.39 is 0 Å². The highest BCUT2D eigenvalue weighted by molar-refractivity contribution is 6.31. The largest absolute Gasteiger partial charge is 0.349 e. The van der Waals surface area contributed by atoms with Crippen LogP contribution in [0.4, 0.5) is 5.69 Å². The van der Waals surface area contributed by atoms with E-state index in [1.807, 2.05) is 12.1 Å². The van der Waals surface area contributed by atoms with Gasteiger partial charge in [-0.25, -0.2) is 9.67 Å². The fourth-order valence-corrected chi connectivity index (χ4v) is 3.53. The van der Waals surface area contributed by atoms with Gasteiger partial charge in [0.05, 0.1) is 17.9 Å². The van der Waals surface area contributed by atoms with Crippen LogP contribution >= 0.6 is 11.6 Å². The van der Waals surface area contributed by atoms with Crippen molar-refractivity contribution >= 4 is 23.2 Å². The van der Waals surface area contributed by atoms with Crippen molar-refractivity contribution < 1.29 is 4.79 Å². The molecule has 1 amide bonds. The lowest BCUT2D eigenvalue weighted by Gasteiger charge is -2.34. The standard InChI is InChI=1S/C18H19ClN6O/c1-13-16-3-2-6-23(16)7-8-24(13)10-18(26)22-15-9-14(19)4-5-17(15)25-12-20-11-21-25/h2-6,9,11-13H,7-8,10H2,1H3,(H,22,26). The number of hydrogen-bond acceptors (Lipinski definition) is 4. The van der Waals surface area contributed by atoms with Gasteiger partial charge in [-0.3, -0.25) is 9.69 Å². The molecule has 3 aromatic rings. The highest BCUT2D eigenvalue weighted by Crippen LogP contribution is 2.26. The lowest BCUT2D eigenvalue weighted by molar-refractivity contribution is -0.118. The van der Waals surface area contributed by atoms with Gasteiger partial charge < -0.3 is 9.88 Å². The molecule has 0 spiro atoms. The molecule has 0 fully saturated rings. The van der Waals surface area contributed by atoms with Crippen molar-refractivity contribution in [2.24, 2.45) is 0 Å². The van der Waals surface area contributed by atoms with Crippen LogP contribution in [0.1, 0.15) is 18.7 Å². The summed E-state index contributed by atoms with van der Waals surface area (Å²) in [5.74, 6) is -0.0829. The molecule has 0 saturated carbocycles. The smallest absolute Gasteiger partial charge is 0.238 e. The molecule has 8 heteroatoms. The molecule has 1 atom stereocenters. The lowest BCUT2D eigenvalue weighted by atomic mass is 10.1. The molecule has 0 radical (unpaired) electrons. The molecule has 7 nitrogen and oxygen atoms in total. The molecule has 4 rings (SSSR count). The minimum absolute atomic E-state index is 0.0829. The van der Waals surface area contributed by atoms with Crippen LogP contribution in [0.15, 0.2) is 49.2 Å². The second-order valence-electron chi connectivity index (χ2n) is 6.32. The fraction of sp³-hybridized carbons (Fsp3) is 0.278. The number of rotatable bonds is 4. The van der Waals surface area contributed by atoms with E-state index in [2.05, 4.69) is 44.1 Å². The van der Waals surface area contributed by atoms with Gasteiger partial charge in [-0.05, 0) is 37.3 Å². The van der Waals surface area contributed by atoms with Gasteiger partial charge in [0.2, 0.25) is 5.91 Å². The number of amides is 1. The van der Waals surface area contributed by atoms with Crippen molar-refractivity contribution in [2.45, 2.75) is 19.5 Å². The van der Waals surface area contributed by atoms with Crippen LogP contribution in [0.3, 0.4) is 0 Å². The van der Waals surface area contributed by atoms with Crippen molar-refractivity contribution in [2.75, 3.05) is 18.4 Å². The molecule has 2 aromatic heterocycles. The van der Waals surface area contributed by atoms with E-state index in [0.717, 1.165) is 18.8 Å². The number of nitrogens with zero attached hydrogens (tertiary/aromatic N) is 5. The van der Waals surface area contributed by atoms with E-state index in [4.69, 9.17) is 11.6 Å². The number of carbonyl (C=O) groups excluding carboxylic acids is 1. The Hall–Kier alpha value is -2.64. The van der Waals surface area contributed by atoms with E-state index in [9.17, 15) is 4.79 Å². The van der Waals surface area contributed by atoms with Crippen molar-refractivity contribution in [1.82, 2.24) is 24.2 Å². The van der Waals surface area contributed by atoms with Gasteiger partial charge in [-0.15, -0.1) is 0 Å². The Morgan fingerprint density at radius 1 is 1.35 bits per heavy atom. The van der Waals surface area contributed by atoms with Gasteiger partial charge >= 0.3 is 0 Å². The zero-order valence-electron chi connectivity index (χ0n) is 14.3. The summed E-state index contributed by atoms with van der Waals surface area (Å²) in [5.41, 5.74) is 2.57. The minimum Gasteiger partial charge on any atom is -0.349 e. The van der Waals surface area contributed by atoms with Gasteiger partial charge in [-0.1, -0.05) is 11.6 Å². The van der Waals surface area contributed by atoms with Crippen molar-refractivity contribution in [3.05, 3.63) is 59.9 Å². The molecule has 134 valence electrons. The van der Waals surface area contributed by atoms with E-state index in [1.165, 1.54) is 12.0 Å². The van der Waals surface area contributed by atoms with Gasteiger partial charge in [0.25, 0.3) is 0 Å². The average molecular weight is 371 g/mol. The maximum absolute atomic E-state index is 12.7. The molecule has 3 heterocycles. The molecule has 1 aromatic carbocycles. The predicted octanol–water partition coefficient (Wildman–Crippen LogP) is 2.74. The molecule has 1 unspecified atom stereocenters. The summed E-state index contributed by atoms with van der Waals surface area (Å²) in [6, 6.07) is 9.64. The summed E-state index contributed by atoms with van der Waals surface area (Å²) in [5, 5.41) is 7.64. The lowest BCUT2D eigenvalue weighted by Crippen LogP contribution is -2.41. The first-order valence-electron chi connectivity index (χ1n) is 8.45. The summed E-state index contributed by atoms with van der Waals surface area (Å²) in [4.78, 5) is 18.8. The van der Waals surface area contributed by atoms with Crippen molar-refractivity contribution in [3.8, 4) is 5.69 Å². The summed E-state index contributed by atoms with van der Waals surface area (Å²) >= 11 is 6.11. The zero-order chi connectivity index (χ0) is 18.1. The quantitative estimate of drug-likeness (QED) is 0.766. The predicted molar refractivity (Wildman–Crippen MR) is 99.4 cm³/mol. The normalized spacial score (nSPS) is 17.1. The Morgan fingerprint density at radius 2 is 2.23 bits per heavy atom. The van der Waals surface area contributed by atoms with Gasteiger partial charge in [-0.2, -0.15) is 5.10 Å². The van der Waals surface area contributed by atoms with E-state index in [1.54, 1.807) is 23.1 Å². The Bertz CT molecular complexity index is 920. The monoisotopic (exact) mass is 370 g/mol. The van der Waals surface area contributed by atoms with Gasteiger partial charge in [0.1, 0.15) is 12.7 Å². The first kappa shape index (κ1) is 16.8. The van der Waals surface area contributed by atoms with Gasteiger partial charge in [0, 0.05) is 36.0 Å². The van der Waals surface area contributed by atoms with Crippen LogP contribution in [0.5, 0.6) is 0 Å². The first-order chi connectivity index (χ1) is 12.6. The highest BCUT2D eigenvalue weighted by atomic mass is 35.5. The molecule has 1 N–H and O–H groups in total. The van der Waals surface area contributed by atoms with E-state index in [0.29, 0.717) is 17.3 Å². The molecule has 26 heavy (non-hydrogen) atoms. The number of aromatic nitrogens is 4. The van der Waals surface area contributed by atoms with E-state index in [-0.39, 0.29) is 11.9 Å². The van der Waals surface area contributed by atoms with Crippen LogP contribution in [0, 0.1) is 0 Å². The molecule has 0 aliphatic carbocycles. The number of nitrogens with one attached hydrogen (secondary N) is 1.